The van der Waals surface area contributed by atoms with E-state index < -0.39 is 12.1 Å². The van der Waals surface area contributed by atoms with Gasteiger partial charge in [0.05, 0.1) is 0 Å². The Morgan fingerprint density at radius 2 is 1.42 bits per heavy atom. The Morgan fingerprint density at radius 1 is 0.848 bits per heavy atom. The first-order valence-corrected chi connectivity index (χ1v) is 10.8. The minimum Gasteiger partial charge on any atom is -0.451 e. The van der Waals surface area contributed by atoms with Crippen molar-refractivity contribution < 1.29 is 19.1 Å². The van der Waals surface area contributed by atoms with Gasteiger partial charge >= 0.3 is 5.97 Å². The molecule has 0 aliphatic rings. The highest BCUT2D eigenvalue weighted by molar-refractivity contribution is 5.96. The fourth-order valence-electron chi connectivity index (χ4n) is 3.41. The van der Waals surface area contributed by atoms with Gasteiger partial charge in [-0.15, -0.1) is 0 Å². The Labute approximate surface area is 194 Å². The molecule has 0 fully saturated rings. The molecule has 170 valence electrons. The molecule has 2 amide bonds. The summed E-state index contributed by atoms with van der Waals surface area (Å²) in [5, 5.41) is 2.54. The van der Waals surface area contributed by atoms with Gasteiger partial charge in [0.2, 0.25) is 0 Å². The van der Waals surface area contributed by atoms with Crippen LogP contribution in [0.15, 0.2) is 84.9 Å². The van der Waals surface area contributed by atoms with Gasteiger partial charge in [0, 0.05) is 18.7 Å². The molecule has 0 saturated carbocycles. The van der Waals surface area contributed by atoms with Gasteiger partial charge in [-0.1, -0.05) is 78.4 Å². The summed E-state index contributed by atoms with van der Waals surface area (Å²) in [5.74, 6) is -1.35. The van der Waals surface area contributed by atoms with E-state index in [1.54, 1.807) is 30.0 Å². The molecular formula is C27H28N2O4. The van der Waals surface area contributed by atoms with E-state index in [9.17, 15) is 14.4 Å². The summed E-state index contributed by atoms with van der Waals surface area (Å²) >= 11 is 0. The molecule has 1 N–H and O–H groups in total. The Kier molecular flexibility index (Phi) is 8.36. The van der Waals surface area contributed by atoms with E-state index in [0.717, 1.165) is 16.7 Å². The maximum Gasteiger partial charge on any atom is 0.326 e. The molecule has 6 heteroatoms. The van der Waals surface area contributed by atoms with Gasteiger partial charge in [0.25, 0.3) is 11.8 Å². The van der Waals surface area contributed by atoms with Crippen molar-refractivity contribution in [2.75, 3.05) is 6.54 Å². The van der Waals surface area contributed by atoms with E-state index >= 15 is 0 Å². The molecule has 0 heterocycles. The summed E-state index contributed by atoms with van der Waals surface area (Å²) in [4.78, 5) is 39.3. The van der Waals surface area contributed by atoms with Crippen molar-refractivity contribution in [2.45, 2.75) is 33.0 Å². The molecule has 3 aromatic rings. The Balaban J connectivity index is 1.60. The lowest BCUT2D eigenvalue weighted by molar-refractivity contribution is -0.158. The predicted octanol–water partition coefficient (Wildman–Crippen LogP) is 3.89. The molecule has 0 spiro atoms. The van der Waals surface area contributed by atoms with Gasteiger partial charge in [-0.05, 0) is 37.1 Å². The minimum atomic E-state index is -0.985. The average Bonchev–Trinajstić information content (AvgIpc) is 2.83. The smallest absolute Gasteiger partial charge is 0.326 e. The number of nitrogens with zero attached hydrogens (tertiary/aromatic N) is 1. The van der Waals surface area contributed by atoms with Gasteiger partial charge in [0.15, 0.2) is 6.10 Å². The zero-order chi connectivity index (χ0) is 23.6. The molecule has 0 bridgehead atoms. The normalized spacial score (nSPS) is 11.3. The van der Waals surface area contributed by atoms with Crippen LogP contribution in [0.3, 0.4) is 0 Å². The maximum atomic E-state index is 13.1. The fraction of sp³-hybridized carbons (Fsp3) is 0.222. The Bertz CT molecular complexity index is 1040. The zero-order valence-corrected chi connectivity index (χ0v) is 18.9. The zero-order valence-electron chi connectivity index (χ0n) is 18.9. The van der Waals surface area contributed by atoms with Crippen molar-refractivity contribution in [1.29, 1.82) is 0 Å². The van der Waals surface area contributed by atoms with Crippen LogP contribution in [0.4, 0.5) is 0 Å². The van der Waals surface area contributed by atoms with Crippen LogP contribution < -0.4 is 5.32 Å². The first-order valence-electron chi connectivity index (χ1n) is 10.8. The van der Waals surface area contributed by atoms with Crippen LogP contribution in [-0.2, 0) is 27.4 Å². The largest absolute Gasteiger partial charge is 0.451 e. The highest BCUT2D eigenvalue weighted by Gasteiger charge is 2.24. The number of amides is 2. The van der Waals surface area contributed by atoms with Gasteiger partial charge in [0.1, 0.15) is 6.54 Å². The van der Waals surface area contributed by atoms with Crippen molar-refractivity contribution in [1.82, 2.24) is 10.2 Å². The maximum absolute atomic E-state index is 13.1. The van der Waals surface area contributed by atoms with Crippen LogP contribution in [0.2, 0.25) is 0 Å². The number of aryl methyl sites for hydroxylation is 1. The molecular weight excluding hydrogens is 416 g/mol. The van der Waals surface area contributed by atoms with Gasteiger partial charge in [-0.3, -0.25) is 14.4 Å². The number of esters is 1. The molecule has 0 saturated heterocycles. The van der Waals surface area contributed by atoms with Crippen molar-refractivity contribution in [3.8, 4) is 0 Å². The van der Waals surface area contributed by atoms with Crippen LogP contribution in [0.5, 0.6) is 0 Å². The number of benzene rings is 3. The lowest BCUT2D eigenvalue weighted by atomic mass is 10.1. The summed E-state index contributed by atoms with van der Waals surface area (Å²) in [6.45, 7) is 3.89. The van der Waals surface area contributed by atoms with Gasteiger partial charge < -0.3 is 15.0 Å². The van der Waals surface area contributed by atoms with E-state index in [4.69, 9.17) is 4.74 Å². The molecule has 3 aromatic carbocycles. The molecule has 1 atom stereocenters. The number of nitrogens with one attached hydrogen (secondary N) is 1. The standard InChI is InChI=1S/C27H28N2O4/c1-20-10-9-15-24(16-20)26(31)28-17-25(30)33-21(2)27(32)29(18-22-11-5-3-6-12-22)19-23-13-7-4-8-14-23/h3-16,21H,17-19H2,1-2H3,(H,28,31). The molecule has 3 rings (SSSR count). The molecule has 6 nitrogen and oxygen atoms in total. The number of hydrogen-bond donors (Lipinski definition) is 1. The van der Waals surface area contributed by atoms with E-state index in [2.05, 4.69) is 5.32 Å². The third-order valence-electron chi connectivity index (χ3n) is 5.07. The van der Waals surface area contributed by atoms with Crippen molar-refractivity contribution in [3.63, 3.8) is 0 Å². The summed E-state index contributed by atoms with van der Waals surface area (Å²) in [6, 6.07) is 26.4. The van der Waals surface area contributed by atoms with Crippen LogP contribution in [-0.4, -0.2) is 35.3 Å². The van der Waals surface area contributed by atoms with E-state index in [1.165, 1.54) is 0 Å². The highest BCUT2D eigenvalue weighted by Crippen LogP contribution is 2.13. The Hall–Kier alpha value is -3.93. The highest BCUT2D eigenvalue weighted by atomic mass is 16.5. The van der Waals surface area contributed by atoms with Gasteiger partial charge in [-0.25, -0.2) is 0 Å². The van der Waals surface area contributed by atoms with Crippen molar-refractivity contribution in [2.24, 2.45) is 0 Å². The van der Waals surface area contributed by atoms with Crippen LogP contribution >= 0.6 is 0 Å². The van der Waals surface area contributed by atoms with Crippen LogP contribution in [0.25, 0.3) is 0 Å². The van der Waals surface area contributed by atoms with Crippen LogP contribution in [0.1, 0.15) is 34.0 Å². The SMILES string of the molecule is Cc1cccc(C(=O)NCC(=O)OC(C)C(=O)N(Cc2ccccc2)Cc2ccccc2)c1. The number of hydrogen-bond acceptors (Lipinski definition) is 4. The van der Waals surface area contributed by atoms with E-state index in [-0.39, 0.29) is 18.4 Å². The average molecular weight is 445 g/mol. The molecule has 1 unspecified atom stereocenters. The molecule has 0 aliphatic carbocycles. The summed E-state index contributed by atoms with van der Waals surface area (Å²) in [6.07, 6.45) is -0.985. The summed E-state index contributed by atoms with van der Waals surface area (Å²) < 4.78 is 5.33. The monoisotopic (exact) mass is 444 g/mol. The lowest BCUT2D eigenvalue weighted by Gasteiger charge is -2.26. The first kappa shape index (κ1) is 23.7. The fourth-order valence-corrected chi connectivity index (χ4v) is 3.41. The second kappa shape index (κ2) is 11.6. The van der Waals surface area contributed by atoms with E-state index in [0.29, 0.717) is 18.7 Å². The molecule has 0 aromatic heterocycles. The summed E-state index contributed by atoms with van der Waals surface area (Å²) in [7, 11) is 0. The first-order chi connectivity index (χ1) is 15.9. The quantitative estimate of drug-likeness (QED) is 0.508. The number of carbonyl (C=O) groups excluding carboxylic acids is 3. The molecule has 33 heavy (non-hydrogen) atoms. The molecule has 0 radical (unpaired) electrons. The number of ether oxygens (including phenoxy) is 1. The number of carbonyl (C=O) groups is 3. The van der Waals surface area contributed by atoms with E-state index in [1.807, 2.05) is 73.7 Å². The Morgan fingerprint density at radius 3 is 1.97 bits per heavy atom. The predicted molar refractivity (Wildman–Crippen MR) is 126 cm³/mol. The summed E-state index contributed by atoms with van der Waals surface area (Å²) in [5.41, 5.74) is 3.36. The molecule has 0 aliphatic heterocycles. The number of rotatable bonds is 9. The third-order valence-corrected chi connectivity index (χ3v) is 5.07. The third kappa shape index (κ3) is 7.31. The minimum absolute atomic E-state index is 0.305. The second-order valence-corrected chi connectivity index (χ2v) is 7.85. The van der Waals surface area contributed by atoms with Crippen molar-refractivity contribution >= 4 is 17.8 Å². The topological polar surface area (TPSA) is 75.7 Å². The van der Waals surface area contributed by atoms with Crippen molar-refractivity contribution in [3.05, 3.63) is 107 Å². The lowest BCUT2D eigenvalue weighted by Crippen LogP contribution is -2.41. The second-order valence-electron chi connectivity index (χ2n) is 7.85. The van der Waals surface area contributed by atoms with Crippen LogP contribution in [0, 0.1) is 6.92 Å². The van der Waals surface area contributed by atoms with Gasteiger partial charge in [-0.2, -0.15) is 0 Å².